The highest BCUT2D eigenvalue weighted by molar-refractivity contribution is 5.81. The number of ether oxygens (including phenoxy) is 3. The molecule has 0 aromatic rings. The Kier molecular flexibility index (Phi) is 12.0. The lowest BCUT2D eigenvalue weighted by Gasteiger charge is -2.14. The zero-order valence-corrected chi connectivity index (χ0v) is 13.4. The summed E-state index contributed by atoms with van der Waals surface area (Å²) >= 11 is 0. The Bertz CT molecular complexity index is 450. The molecule has 0 aliphatic rings. The number of hydrogen-bond donors (Lipinski definition) is 1. The van der Waals surface area contributed by atoms with E-state index in [4.69, 9.17) is 9.47 Å². The van der Waals surface area contributed by atoms with E-state index in [1.807, 2.05) is 6.92 Å². The first-order valence-electron chi connectivity index (χ1n) is 7.27. The van der Waals surface area contributed by atoms with E-state index in [-0.39, 0.29) is 26.2 Å². The lowest BCUT2D eigenvalue weighted by Crippen LogP contribution is -2.24. The molecule has 0 rings (SSSR count). The molecule has 0 aliphatic carbocycles. The topological polar surface area (TPSA) is 82.1 Å². The van der Waals surface area contributed by atoms with Gasteiger partial charge in [-0.3, -0.25) is 4.79 Å². The monoisotopic (exact) mass is 324 g/mol. The maximum Gasteiger partial charge on any atom is 0.330 e. The normalized spacial score (nSPS) is 12.5. The number of esters is 2. The predicted molar refractivity (Wildman–Crippen MR) is 86.4 cm³/mol. The Hall–Kier alpha value is -2.34. The molecule has 23 heavy (non-hydrogen) atoms. The highest BCUT2D eigenvalue weighted by Gasteiger charge is 2.10. The van der Waals surface area contributed by atoms with Crippen molar-refractivity contribution in [2.75, 3.05) is 19.8 Å². The smallest absolute Gasteiger partial charge is 0.330 e. The summed E-state index contributed by atoms with van der Waals surface area (Å²) in [4.78, 5) is 22.1. The Morgan fingerprint density at radius 3 is 2.43 bits per heavy atom. The second-order valence-electron chi connectivity index (χ2n) is 4.38. The molecule has 6 heteroatoms. The Morgan fingerprint density at radius 1 is 1.13 bits per heavy atom. The summed E-state index contributed by atoms with van der Waals surface area (Å²) < 4.78 is 14.9. The van der Waals surface area contributed by atoms with E-state index in [1.165, 1.54) is 0 Å². The first-order valence-corrected chi connectivity index (χ1v) is 7.27. The van der Waals surface area contributed by atoms with Crippen molar-refractivity contribution >= 4 is 11.9 Å². The molecule has 0 saturated heterocycles. The van der Waals surface area contributed by atoms with Crippen LogP contribution in [-0.2, 0) is 23.8 Å². The third-order valence-electron chi connectivity index (χ3n) is 2.49. The van der Waals surface area contributed by atoms with Crippen LogP contribution in [0.25, 0.3) is 0 Å². The third kappa shape index (κ3) is 11.9. The van der Waals surface area contributed by atoms with Crippen molar-refractivity contribution in [3.05, 3.63) is 49.3 Å². The van der Waals surface area contributed by atoms with Crippen molar-refractivity contribution in [1.29, 1.82) is 0 Å². The number of carbonyl (C=O) groups is 2. The van der Waals surface area contributed by atoms with Gasteiger partial charge in [0.1, 0.15) is 25.9 Å². The van der Waals surface area contributed by atoms with Crippen LogP contribution in [0.5, 0.6) is 0 Å². The molecule has 6 nitrogen and oxygen atoms in total. The van der Waals surface area contributed by atoms with Gasteiger partial charge >= 0.3 is 11.9 Å². The summed E-state index contributed by atoms with van der Waals surface area (Å²) in [5, 5.41) is 9.70. The van der Waals surface area contributed by atoms with Gasteiger partial charge in [0.05, 0.1) is 12.2 Å². The summed E-state index contributed by atoms with van der Waals surface area (Å²) in [5.41, 5.74) is 0. The van der Waals surface area contributed by atoms with Gasteiger partial charge in [0, 0.05) is 12.5 Å². The molecule has 0 aromatic heterocycles. The molecule has 0 aromatic carbocycles. The third-order valence-corrected chi connectivity index (χ3v) is 2.49. The average molecular weight is 324 g/mol. The van der Waals surface area contributed by atoms with Crippen LogP contribution in [0.3, 0.4) is 0 Å². The average Bonchev–Trinajstić information content (AvgIpc) is 2.55. The van der Waals surface area contributed by atoms with Gasteiger partial charge in [0.25, 0.3) is 0 Å². The standard InChI is InChI=1S/C17H24O6/c1-4-7-8-9-15(5-2)22-12-14(18)13-23-17(20)10-11-21-16(19)6-3/h4,6-9,14,18H,1,3,5,10-13H2,2H3/b8-7-,15-9+. The van der Waals surface area contributed by atoms with E-state index >= 15 is 0 Å². The van der Waals surface area contributed by atoms with Crippen LogP contribution in [0, 0.1) is 0 Å². The second-order valence-corrected chi connectivity index (χ2v) is 4.38. The number of carbonyl (C=O) groups excluding carboxylic acids is 2. The van der Waals surface area contributed by atoms with Crippen LogP contribution in [0.4, 0.5) is 0 Å². The Balaban J connectivity index is 3.94. The van der Waals surface area contributed by atoms with Crippen molar-refractivity contribution < 1.29 is 28.9 Å². The van der Waals surface area contributed by atoms with Gasteiger partial charge in [-0.25, -0.2) is 4.79 Å². The summed E-state index contributed by atoms with van der Waals surface area (Å²) in [6, 6.07) is 0. The molecule has 0 radical (unpaired) electrons. The van der Waals surface area contributed by atoms with E-state index in [9.17, 15) is 14.7 Å². The van der Waals surface area contributed by atoms with E-state index in [0.29, 0.717) is 12.2 Å². The van der Waals surface area contributed by atoms with Crippen LogP contribution in [-0.4, -0.2) is 43.0 Å². The van der Waals surface area contributed by atoms with Gasteiger partial charge < -0.3 is 19.3 Å². The Labute approximate surface area is 136 Å². The van der Waals surface area contributed by atoms with Crippen LogP contribution < -0.4 is 0 Å². The minimum absolute atomic E-state index is 0.0142. The number of aliphatic hydroxyl groups is 1. The summed E-state index contributed by atoms with van der Waals surface area (Å²) in [6.07, 6.45) is 7.61. The molecule has 0 fully saturated rings. The van der Waals surface area contributed by atoms with Crippen LogP contribution in [0.1, 0.15) is 19.8 Å². The van der Waals surface area contributed by atoms with Gasteiger partial charge in [0.2, 0.25) is 0 Å². The highest BCUT2D eigenvalue weighted by atomic mass is 16.6. The first-order chi connectivity index (χ1) is 11.0. The number of rotatable bonds is 12. The summed E-state index contributed by atoms with van der Waals surface area (Å²) in [6.45, 7) is 8.45. The van der Waals surface area contributed by atoms with E-state index < -0.39 is 18.0 Å². The fourth-order valence-corrected chi connectivity index (χ4v) is 1.32. The van der Waals surface area contributed by atoms with Crippen LogP contribution >= 0.6 is 0 Å². The van der Waals surface area contributed by atoms with Gasteiger partial charge in [-0.15, -0.1) is 0 Å². The van der Waals surface area contributed by atoms with Crippen molar-refractivity contribution in [3.63, 3.8) is 0 Å². The predicted octanol–water partition coefficient (Wildman–Crippen LogP) is 2.06. The molecule has 0 spiro atoms. The molecule has 1 N–H and O–H groups in total. The van der Waals surface area contributed by atoms with Gasteiger partial charge in [-0.2, -0.15) is 0 Å². The molecule has 1 atom stereocenters. The molecule has 0 saturated carbocycles. The summed E-state index contributed by atoms with van der Waals surface area (Å²) in [7, 11) is 0. The zero-order valence-electron chi connectivity index (χ0n) is 13.4. The molecule has 0 aliphatic heterocycles. The minimum Gasteiger partial charge on any atom is -0.495 e. The summed E-state index contributed by atoms with van der Waals surface area (Å²) in [5.74, 6) is -0.471. The quantitative estimate of drug-likeness (QED) is 0.256. The fourth-order valence-electron chi connectivity index (χ4n) is 1.32. The zero-order chi connectivity index (χ0) is 17.5. The van der Waals surface area contributed by atoms with E-state index in [2.05, 4.69) is 17.9 Å². The largest absolute Gasteiger partial charge is 0.495 e. The van der Waals surface area contributed by atoms with Crippen LogP contribution in [0.15, 0.2) is 49.3 Å². The van der Waals surface area contributed by atoms with Gasteiger partial charge in [0.15, 0.2) is 0 Å². The fraction of sp³-hybridized carbons (Fsp3) is 0.412. The SMILES string of the molecule is C=C/C=C\C=C(/CC)OCC(O)COC(=O)CCOC(=O)C=C. The number of aliphatic hydroxyl groups excluding tert-OH is 1. The molecule has 0 bridgehead atoms. The van der Waals surface area contributed by atoms with Crippen molar-refractivity contribution in [2.24, 2.45) is 0 Å². The second kappa shape index (κ2) is 13.3. The number of allylic oxidation sites excluding steroid dienone is 5. The number of hydrogen-bond acceptors (Lipinski definition) is 6. The molecule has 0 amide bonds. The molecule has 128 valence electrons. The maximum absolute atomic E-state index is 11.4. The van der Waals surface area contributed by atoms with Gasteiger partial charge in [-0.05, 0) is 6.08 Å². The van der Waals surface area contributed by atoms with Crippen LogP contribution in [0.2, 0.25) is 0 Å². The first kappa shape index (κ1) is 20.7. The van der Waals surface area contributed by atoms with Crippen molar-refractivity contribution in [2.45, 2.75) is 25.9 Å². The van der Waals surface area contributed by atoms with E-state index in [0.717, 1.165) is 6.08 Å². The highest BCUT2D eigenvalue weighted by Crippen LogP contribution is 2.05. The van der Waals surface area contributed by atoms with Gasteiger partial charge in [-0.1, -0.05) is 38.3 Å². The Morgan fingerprint density at radius 2 is 1.83 bits per heavy atom. The molecule has 0 heterocycles. The molecular formula is C17H24O6. The minimum atomic E-state index is -0.937. The lowest BCUT2D eigenvalue weighted by atomic mass is 10.3. The molecular weight excluding hydrogens is 300 g/mol. The van der Waals surface area contributed by atoms with E-state index in [1.54, 1.807) is 24.3 Å². The maximum atomic E-state index is 11.4. The van der Waals surface area contributed by atoms with Crippen molar-refractivity contribution in [1.82, 2.24) is 0 Å². The lowest BCUT2D eigenvalue weighted by molar-refractivity contribution is -0.150. The molecule has 1 unspecified atom stereocenters. The van der Waals surface area contributed by atoms with Crippen molar-refractivity contribution in [3.8, 4) is 0 Å².